The van der Waals surface area contributed by atoms with Crippen molar-refractivity contribution >= 4 is 21.8 Å². The van der Waals surface area contributed by atoms with Crippen LogP contribution in [0.1, 0.15) is 42.0 Å². The van der Waals surface area contributed by atoms with Crippen LogP contribution in [0.3, 0.4) is 0 Å². The molecular weight excluding hydrogens is 294 g/mol. The summed E-state index contributed by atoms with van der Waals surface area (Å²) in [4.78, 5) is 12.3. The minimum atomic E-state index is -0.0248. The third-order valence-electron chi connectivity index (χ3n) is 3.01. The Labute approximate surface area is 117 Å². The molecule has 1 unspecified atom stereocenters. The van der Waals surface area contributed by atoms with Gasteiger partial charge in [0.25, 0.3) is 5.91 Å². The summed E-state index contributed by atoms with van der Waals surface area (Å²) in [5, 5.41) is 8.11. The number of amides is 1. The summed E-state index contributed by atoms with van der Waals surface area (Å²) in [6, 6.07) is 0.163. The van der Waals surface area contributed by atoms with E-state index in [0.29, 0.717) is 11.5 Å². The average Bonchev–Trinajstić information content (AvgIpc) is 2.51. The van der Waals surface area contributed by atoms with Gasteiger partial charge in [0.2, 0.25) is 0 Å². The van der Waals surface area contributed by atoms with Gasteiger partial charge in [0.1, 0.15) is 0 Å². The highest BCUT2D eigenvalue weighted by atomic mass is 79.9. The van der Waals surface area contributed by atoms with Crippen molar-refractivity contribution in [3.05, 3.63) is 17.0 Å². The molecule has 1 amide bonds. The number of carbonyl (C=O) groups is 1. The molecule has 0 saturated carbocycles. The summed E-state index contributed by atoms with van der Waals surface area (Å²) in [5.74, 6) is 0.534. The van der Waals surface area contributed by atoms with Gasteiger partial charge in [-0.15, -0.1) is 0 Å². The summed E-state index contributed by atoms with van der Waals surface area (Å²) in [5.41, 5.74) is 2.39. The highest BCUT2D eigenvalue weighted by molar-refractivity contribution is 9.09. The maximum Gasteiger partial charge on any atom is 0.255 e. The lowest BCUT2D eigenvalue weighted by molar-refractivity contribution is 0.0936. The molecule has 1 aromatic heterocycles. The number of nitrogens with zero attached hydrogens (tertiary/aromatic N) is 2. The van der Waals surface area contributed by atoms with Gasteiger partial charge in [0, 0.05) is 24.1 Å². The van der Waals surface area contributed by atoms with Crippen LogP contribution in [0.25, 0.3) is 0 Å². The van der Waals surface area contributed by atoms with E-state index >= 15 is 0 Å². The van der Waals surface area contributed by atoms with Crippen LogP contribution in [-0.2, 0) is 7.05 Å². The van der Waals surface area contributed by atoms with E-state index in [1.807, 2.05) is 20.9 Å². The minimum absolute atomic E-state index is 0.0248. The maximum atomic E-state index is 12.3. The van der Waals surface area contributed by atoms with E-state index in [1.165, 1.54) is 0 Å². The molecule has 1 atom stereocenters. The van der Waals surface area contributed by atoms with Gasteiger partial charge in [-0.1, -0.05) is 29.8 Å². The van der Waals surface area contributed by atoms with Crippen molar-refractivity contribution in [2.75, 3.05) is 5.33 Å². The summed E-state index contributed by atoms with van der Waals surface area (Å²) in [6.45, 7) is 8.10. The Morgan fingerprint density at radius 3 is 2.44 bits per heavy atom. The fraction of sp³-hybridized carbons (Fsp3) is 0.692. The standard InChI is InChI=1S/C13H22BrN3O/c1-8(2)6-11(7-14)15-13(18)12-9(3)16-17(5)10(12)4/h8,11H,6-7H2,1-5H3,(H,15,18). The first-order valence-electron chi connectivity index (χ1n) is 6.23. The van der Waals surface area contributed by atoms with Crippen LogP contribution in [0, 0.1) is 19.8 Å². The van der Waals surface area contributed by atoms with E-state index in [-0.39, 0.29) is 11.9 Å². The highest BCUT2D eigenvalue weighted by Gasteiger charge is 2.20. The van der Waals surface area contributed by atoms with Gasteiger partial charge in [-0.2, -0.15) is 5.10 Å². The molecule has 18 heavy (non-hydrogen) atoms. The molecule has 0 saturated heterocycles. The van der Waals surface area contributed by atoms with E-state index in [2.05, 4.69) is 40.2 Å². The quantitative estimate of drug-likeness (QED) is 0.849. The van der Waals surface area contributed by atoms with Gasteiger partial charge in [-0.25, -0.2) is 0 Å². The number of halogens is 1. The Morgan fingerprint density at radius 1 is 1.44 bits per heavy atom. The Hall–Kier alpha value is -0.840. The topological polar surface area (TPSA) is 46.9 Å². The zero-order chi connectivity index (χ0) is 13.9. The van der Waals surface area contributed by atoms with Crippen molar-refractivity contribution in [1.82, 2.24) is 15.1 Å². The number of hydrogen-bond acceptors (Lipinski definition) is 2. The van der Waals surface area contributed by atoms with Crippen molar-refractivity contribution in [3.8, 4) is 0 Å². The molecule has 1 heterocycles. The Bertz CT molecular complexity index is 426. The molecular formula is C13H22BrN3O. The van der Waals surface area contributed by atoms with Crippen LogP contribution in [0.15, 0.2) is 0 Å². The second-order valence-electron chi connectivity index (χ2n) is 5.12. The normalized spacial score (nSPS) is 12.8. The number of aryl methyl sites for hydroxylation is 2. The lowest BCUT2D eigenvalue weighted by Gasteiger charge is -2.18. The van der Waals surface area contributed by atoms with E-state index < -0.39 is 0 Å². The number of alkyl halides is 1. The number of aromatic nitrogens is 2. The molecule has 102 valence electrons. The lowest BCUT2D eigenvalue weighted by atomic mass is 10.0. The van der Waals surface area contributed by atoms with Crippen LogP contribution in [0.5, 0.6) is 0 Å². The fourth-order valence-electron chi connectivity index (χ4n) is 2.09. The molecule has 0 aliphatic rings. The molecule has 1 aromatic rings. The average molecular weight is 316 g/mol. The molecule has 0 spiro atoms. The second-order valence-corrected chi connectivity index (χ2v) is 5.77. The van der Waals surface area contributed by atoms with Gasteiger partial charge < -0.3 is 5.32 Å². The van der Waals surface area contributed by atoms with E-state index in [9.17, 15) is 4.79 Å². The van der Waals surface area contributed by atoms with Crippen LogP contribution in [0.4, 0.5) is 0 Å². The molecule has 0 fully saturated rings. The molecule has 1 rings (SSSR count). The number of rotatable bonds is 5. The van der Waals surface area contributed by atoms with E-state index in [1.54, 1.807) is 4.68 Å². The van der Waals surface area contributed by atoms with Gasteiger partial charge in [-0.05, 0) is 26.2 Å². The fourth-order valence-corrected chi connectivity index (χ4v) is 2.52. The summed E-state index contributed by atoms with van der Waals surface area (Å²) in [7, 11) is 1.86. The van der Waals surface area contributed by atoms with Crippen molar-refractivity contribution < 1.29 is 4.79 Å². The number of carbonyl (C=O) groups excluding carboxylic acids is 1. The first-order valence-corrected chi connectivity index (χ1v) is 7.36. The third kappa shape index (κ3) is 3.57. The third-order valence-corrected chi connectivity index (χ3v) is 3.80. The van der Waals surface area contributed by atoms with Crippen molar-refractivity contribution in [1.29, 1.82) is 0 Å². The zero-order valence-corrected chi connectivity index (χ0v) is 13.3. The highest BCUT2D eigenvalue weighted by Crippen LogP contribution is 2.13. The molecule has 0 aromatic carbocycles. The van der Waals surface area contributed by atoms with Crippen LogP contribution in [0.2, 0.25) is 0 Å². The molecule has 4 nitrogen and oxygen atoms in total. The zero-order valence-electron chi connectivity index (χ0n) is 11.7. The number of hydrogen-bond donors (Lipinski definition) is 1. The van der Waals surface area contributed by atoms with Crippen molar-refractivity contribution in [2.45, 2.75) is 40.2 Å². The first-order chi connectivity index (χ1) is 8.36. The smallest absolute Gasteiger partial charge is 0.255 e. The van der Waals surface area contributed by atoms with Gasteiger partial charge in [-0.3, -0.25) is 9.48 Å². The predicted molar refractivity (Wildman–Crippen MR) is 77.2 cm³/mol. The molecule has 0 radical (unpaired) electrons. The maximum absolute atomic E-state index is 12.3. The molecule has 1 N–H and O–H groups in total. The summed E-state index contributed by atoms with van der Waals surface area (Å²) >= 11 is 3.45. The SMILES string of the molecule is Cc1nn(C)c(C)c1C(=O)NC(CBr)CC(C)C. The predicted octanol–water partition coefficient (Wildman–Crippen LogP) is 2.58. The van der Waals surface area contributed by atoms with Crippen molar-refractivity contribution in [3.63, 3.8) is 0 Å². The Balaban J connectivity index is 2.81. The first kappa shape index (κ1) is 15.2. The number of nitrogens with one attached hydrogen (secondary N) is 1. The Kier molecular flexibility index (Phi) is 5.38. The van der Waals surface area contributed by atoms with E-state index in [0.717, 1.165) is 23.1 Å². The summed E-state index contributed by atoms with van der Waals surface area (Å²) < 4.78 is 1.75. The monoisotopic (exact) mass is 315 g/mol. The van der Waals surface area contributed by atoms with Gasteiger partial charge >= 0.3 is 0 Å². The minimum Gasteiger partial charge on any atom is -0.348 e. The molecule has 5 heteroatoms. The van der Waals surface area contributed by atoms with Crippen molar-refractivity contribution in [2.24, 2.45) is 13.0 Å². The van der Waals surface area contributed by atoms with Crippen LogP contribution < -0.4 is 5.32 Å². The van der Waals surface area contributed by atoms with Gasteiger partial charge in [0.05, 0.1) is 11.3 Å². The molecule has 0 aliphatic heterocycles. The second kappa shape index (κ2) is 6.36. The molecule has 0 bridgehead atoms. The lowest BCUT2D eigenvalue weighted by Crippen LogP contribution is -2.37. The Morgan fingerprint density at radius 2 is 2.06 bits per heavy atom. The van der Waals surface area contributed by atoms with E-state index in [4.69, 9.17) is 0 Å². The van der Waals surface area contributed by atoms with Gasteiger partial charge in [0.15, 0.2) is 0 Å². The molecule has 0 aliphatic carbocycles. The van der Waals surface area contributed by atoms with Crippen LogP contribution in [-0.4, -0.2) is 27.1 Å². The largest absolute Gasteiger partial charge is 0.348 e. The van der Waals surface area contributed by atoms with Crippen LogP contribution >= 0.6 is 15.9 Å². The summed E-state index contributed by atoms with van der Waals surface area (Å²) in [6.07, 6.45) is 0.968.